The lowest BCUT2D eigenvalue weighted by molar-refractivity contribution is 0.0896. The second-order valence-corrected chi connectivity index (χ2v) is 5.09. The van der Waals surface area contributed by atoms with E-state index in [1.807, 2.05) is 19.1 Å². The molecule has 86 valence electrons. The third-order valence-electron chi connectivity index (χ3n) is 2.43. The van der Waals surface area contributed by atoms with Gasteiger partial charge in [0, 0.05) is 10.4 Å². The number of carbonyl (C=O) groups excluding carboxylic acids is 2. The van der Waals surface area contributed by atoms with Crippen molar-refractivity contribution in [3.63, 3.8) is 0 Å². The number of carbonyl (C=O) groups is 2. The molecule has 1 aromatic carbocycles. The number of aryl methyl sites for hydroxylation is 1. The molecule has 0 bridgehead atoms. The second-order valence-electron chi connectivity index (χ2n) is 3.80. The van der Waals surface area contributed by atoms with Gasteiger partial charge in [0.1, 0.15) is 0 Å². The van der Waals surface area contributed by atoms with Crippen LogP contribution in [0.5, 0.6) is 0 Å². The topological polar surface area (TPSA) is 34.1 Å². The van der Waals surface area contributed by atoms with Crippen LogP contribution in [0, 0.1) is 6.92 Å². The molecule has 2 aromatic rings. The number of hydrogen-bond acceptors (Lipinski definition) is 3. The van der Waals surface area contributed by atoms with Gasteiger partial charge in [0.25, 0.3) is 0 Å². The van der Waals surface area contributed by atoms with E-state index in [2.05, 4.69) is 0 Å². The van der Waals surface area contributed by atoms with Crippen LogP contribution in [-0.4, -0.2) is 11.6 Å². The molecule has 0 unspecified atom stereocenters. The maximum absolute atomic E-state index is 11.8. The molecular formula is C14H12O2S. The van der Waals surface area contributed by atoms with Crippen LogP contribution in [0.3, 0.4) is 0 Å². The Balaban J connectivity index is 2.07. The monoisotopic (exact) mass is 244 g/mol. The molecule has 0 saturated heterocycles. The Morgan fingerprint density at radius 1 is 1.00 bits per heavy atom. The van der Waals surface area contributed by atoms with Gasteiger partial charge in [-0.3, -0.25) is 9.59 Å². The van der Waals surface area contributed by atoms with Crippen LogP contribution in [0.25, 0.3) is 0 Å². The van der Waals surface area contributed by atoms with Gasteiger partial charge < -0.3 is 0 Å². The van der Waals surface area contributed by atoms with Gasteiger partial charge in [0.15, 0.2) is 11.6 Å². The summed E-state index contributed by atoms with van der Waals surface area (Å²) in [6.07, 6.45) is -0.0516. The van der Waals surface area contributed by atoms with E-state index in [0.29, 0.717) is 10.4 Å². The normalized spacial score (nSPS) is 10.2. The summed E-state index contributed by atoms with van der Waals surface area (Å²) < 4.78 is 0. The van der Waals surface area contributed by atoms with Gasteiger partial charge >= 0.3 is 0 Å². The van der Waals surface area contributed by atoms with Gasteiger partial charge in [-0.05, 0) is 19.1 Å². The Hall–Kier alpha value is -1.74. The fraction of sp³-hybridized carbons (Fsp3) is 0.143. The maximum Gasteiger partial charge on any atom is 0.180 e. The molecule has 0 spiro atoms. The lowest BCUT2D eigenvalue weighted by Crippen LogP contribution is -2.07. The Bertz CT molecular complexity index is 540. The van der Waals surface area contributed by atoms with E-state index >= 15 is 0 Å². The summed E-state index contributed by atoms with van der Waals surface area (Å²) in [5.74, 6) is -0.224. The van der Waals surface area contributed by atoms with Crippen molar-refractivity contribution in [2.75, 3.05) is 0 Å². The second kappa shape index (κ2) is 5.06. The fourth-order valence-corrected chi connectivity index (χ4v) is 2.35. The summed E-state index contributed by atoms with van der Waals surface area (Å²) in [5.41, 5.74) is 0.592. The third kappa shape index (κ3) is 2.88. The third-order valence-corrected chi connectivity index (χ3v) is 3.47. The molecule has 3 heteroatoms. The number of hydrogen-bond donors (Lipinski definition) is 0. The van der Waals surface area contributed by atoms with Crippen LogP contribution < -0.4 is 0 Å². The van der Waals surface area contributed by atoms with Crippen LogP contribution in [0.2, 0.25) is 0 Å². The summed E-state index contributed by atoms with van der Waals surface area (Å²) in [6.45, 7) is 1.94. The lowest BCUT2D eigenvalue weighted by Gasteiger charge is -1.98. The molecule has 0 amide bonds. The number of rotatable bonds is 4. The highest BCUT2D eigenvalue weighted by atomic mass is 32.1. The molecule has 0 saturated carbocycles. The molecule has 1 aromatic heterocycles. The predicted octanol–water partition coefficient (Wildman–Crippen LogP) is 3.51. The maximum atomic E-state index is 11.8. The van der Waals surface area contributed by atoms with Crippen molar-refractivity contribution in [3.05, 3.63) is 57.8 Å². The van der Waals surface area contributed by atoms with Crippen molar-refractivity contribution >= 4 is 22.9 Å². The van der Waals surface area contributed by atoms with E-state index in [4.69, 9.17) is 0 Å². The van der Waals surface area contributed by atoms with E-state index in [1.54, 1.807) is 30.3 Å². The molecular weight excluding hydrogens is 232 g/mol. The van der Waals surface area contributed by atoms with Crippen molar-refractivity contribution in [3.8, 4) is 0 Å². The average molecular weight is 244 g/mol. The van der Waals surface area contributed by atoms with Gasteiger partial charge in [-0.15, -0.1) is 11.3 Å². The summed E-state index contributed by atoms with van der Waals surface area (Å²) in [7, 11) is 0. The number of benzene rings is 1. The zero-order valence-electron chi connectivity index (χ0n) is 9.47. The van der Waals surface area contributed by atoms with Crippen molar-refractivity contribution in [2.24, 2.45) is 0 Å². The smallest absolute Gasteiger partial charge is 0.180 e. The molecule has 0 fully saturated rings. The largest absolute Gasteiger partial charge is 0.294 e. The van der Waals surface area contributed by atoms with E-state index < -0.39 is 0 Å². The summed E-state index contributed by atoms with van der Waals surface area (Å²) in [5, 5.41) is 0. The fourth-order valence-electron chi connectivity index (χ4n) is 1.54. The van der Waals surface area contributed by atoms with Crippen LogP contribution in [0.15, 0.2) is 42.5 Å². The minimum absolute atomic E-state index is 0.0516. The number of Topliss-reactive ketones (excluding diaryl/α,β-unsaturated/α-hetero) is 2. The Morgan fingerprint density at radius 2 is 1.71 bits per heavy atom. The molecule has 1 heterocycles. The SMILES string of the molecule is Cc1ccc(C(=O)CC(=O)c2ccccc2)s1. The average Bonchev–Trinajstić information content (AvgIpc) is 2.77. The summed E-state index contributed by atoms with van der Waals surface area (Å²) >= 11 is 1.43. The van der Waals surface area contributed by atoms with Gasteiger partial charge in [0.05, 0.1) is 11.3 Å². The first kappa shape index (κ1) is 11.7. The minimum atomic E-state index is -0.123. The lowest BCUT2D eigenvalue weighted by atomic mass is 10.1. The molecule has 0 aliphatic heterocycles. The van der Waals surface area contributed by atoms with Crippen LogP contribution >= 0.6 is 11.3 Å². The van der Waals surface area contributed by atoms with E-state index in [-0.39, 0.29) is 18.0 Å². The predicted molar refractivity (Wildman–Crippen MR) is 68.8 cm³/mol. The van der Waals surface area contributed by atoms with E-state index in [9.17, 15) is 9.59 Å². The van der Waals surface area contributed by atoms with Crippen molar-refractivity contribution in [1.29, 1.82) is 0 Å². The quantitative estimate of drug-likeness (QED) is 0.609. The molecule has 2 rings (SSSR count). The van der Waals surface area contributed by atoms with Crippen molar-refractivity contribution in [1.82, 2.24) is 0 Å². The zero-order chi connectivity index (χ0) is 12.3. The first-order valence-electron chi connectivity index (χ1n) is 5.34. The van der Waals surface area contributed by atoms with E-state index in [1.165, 1.54) is 11.3 Å². The van der Waals surface area contributed by atoms with Gasteiger partial charge in [-0.1, -0.05) is 30.3 Å². The Labute approximate surface area is 104 Å². The first-order valence-corrected chi connectivity index (χ1v) is 6.16. The number of ketones is 2. The molecule has 0 aliphatic carbocycles. The Kier molecular flexibility index (Phi) is 3.49. The standard InChI is InChI=1S/C14H12O2S/c1-10-7-8-14(17-10)13(16)9-12(15)11-5-3-2-4-6-11/h2-8H,9H2,1H3. The molecule has 17 heavy (non-hydrogen) atoms. The molecule has 0 aliphatic rings. The highest BCUT2D eigenvalue weighted by Gasteiger charge is 2.14. The van der Waals surface area contributed by atoms with Crippen LogP contribution in [0.1, 0.15) is 31.3 Å². The van der Waals surface area contributed by atoms with Gasteiger partial charge in [0.2, 0.25) is 0 Å². The number of thiophene rings is 1. The highest BCUT2D eigenvalue weighted by molar-refractivity contribution is 7.14. The summed E-state index contributed by atoms with van der Waals surface area (Å²) in [4.78, 5) is 25.4. The molecule has 2 nitrogen and oxygen atoms in total. The minimum Gasteiger partial charge on any atom is -0.294 e. The zero-order valence-corrected chi connectivity index (χ0v) is 10.3. The summed E-state index contributed by atoms with van der Waals surface area (Å²) in [6, 6.07) is 12.6. The Morgan fingerprint density at radius 3 is 2.29 bits per heavy atom. The molecule has 0 atom stereocenters. The van der Waals surface area contributed by atoms with Gasteiger partial charge in [-0.25, -0.2) is 0 Å². The van der Waals surface area contributed by atoms with Crippen molar-refractivity contribution in [2.45, 2.75) is 13.3 Å². The van der Waals surface area contributed by atoms with Crippen LogP contribution in [-0.2, 0) is 0 Å². The molecule has 0 N–H and O–H groups in total. The highest BCUT2D eigenvalue weighted by Crippen LogP contribution is 2.17. The van der Waals surface area contributed by atoms with Crippen LogP contribution in [0.4, 0.5) is 0 Å². The van der Waals surface area contributed by atoms with Gasteiger partial charge in [-0.2, -0.15) is 0 Å². The van der Waals surface area contributed by atoms with E-state index in [0.717, 1.165) is 4.88 Å². The molecule has 0 radical (unpaired) electrons. The first-order chi connectivity index (χ1) is 8.16. The van der Waals surface area contributed by atoms with Crippen molar-refractivity contribution < 1.29 is 9.59 Å².